The minimum Gasteiger partial charge on any atom is -0.480 e. The van der Waals surface area contributed by atoms with Gasteiger partial charge in [-0.15, -0.1) is 0 Å². The fraction of sp³-hybridized carbons (Fsp3) is 0.783. The Labute approximate surface area is 227 Å². The quantitative estimate of drug-likeness (QED) is 0.0305. The van der Waals surface area contributed by atoms with Gasteiger partial charge in [0.1, 0.15) is 25.5 Å². The van der Waals surface area contributed by atoms with Crippen LogP contribution in [-0.2, 0) is 42.9 Å². The molecule has 16 nitrogen and oxygen atoms in total. The number of aldehydes is 1. The summed E-state index contributed by atoms with van der Waals surface area (Å²) in [5, 5.41) is 25.3. The second-order valence-corrected chi connectivity index (χ2v) is 8.23. The van der Waals surface area contributed by atoms with Crippen molar-refractivity contribution >= 4 is 30.0 Å². The molecular formula is C23H43N5O11. The minimum atomic E-state index is -1.25. The van der Waals surface area contributed by atoms with Crippen LogP contribution >= 0.6 is 0 Å². The Balaban J connectivity index is 3.43. The zero-order chi connectivity index (χ0) is 29.1. The molecular weight excluding hydrogens is 522 g/mol. The fourth-order valence-electron chi connectivity index (χ4n) is 2.80. The number of hydroxylamine groups is 1. The Bertz CT molecular complexity index is 699. The second kappa shape index (κ2) is 25.5. The van der Waals surface area contributed by atoms with Gasteiger partial charge in [-0.3, -0.25) is 19.2 Å². The zero-order valence-corrected chi connectivity index (χ0v) is 22.2. The van der Waals surface area contributed by atoms with Gasteiger partial charge in [-0.2, -0.15) is 5.48 Å². The van der Waals surface area contributed by atoms with E-state index in [1.807, 2.05) is 0 Å². The van der Waals surface area contributed by atoms with Crippen molar-refractivity contribution in [3.05, 3.63) is 0 Å². The molecule has 0 unspecified atom stereocenters. The van der Waals surface area contributed by atoms with Crippen LogP contribution in [-0.4, -0.2) is 125 Å². The number of nitrogens with two attached hydrogens (primary N) is 1. The van der Waals surface area contributed by atoms with Crippen molar-refractivity contribution in [2.24, 2.45) is 5.73 Å². The lowest BCUT2D eigenvalue weighted by Crippen LogP contribution is -2.36. The van der Waals surface area contributed by atoms with Crippen LogP contribution in [0.25, 0.3) is 0 Å². The van der Waals surface area contributed by atoms with Crippen LogP contribution in [0.1, 0.15) is 32.1 Å². The number of amides is 3. The first-order valence-corrected chi connectivity index (χ1v) is 12.7. The smallest absolute Gasteiger partial charge is 0.323 e. The zero-order valence-electron chi connectivity index (χ0n) is 22.2. The molecule has 0 saturated carbocycles. The van der Waals surface area contributed by atoms with Gasteiger partial charge in [0.2, 0.25) is 17.7 Å². The normalized spacial score (nSPS) is 12.4. The first-order chi connectivity index (χ1) is 18.8. The van der Waals surface area contributed by atoms with Gasteiger partial charge in [-0.05, 0) is 25.7 Å². The van der Waals surface area contributed by atoms with Crippen molar-refractivity contribution in [3.63, 3.8) is 0 Å². The van der Waals surface area contributed by atoms with E-state index in [2.05, 4.69) is 16.0 Å². The second-order valence-electron chi connectivity index (χ2n) is 8.23. The lowest BCUT2D eigenvalue weighted by Gasteiger charge is -2.10. The van der Waals surface area contributed by atoms with Gasteiger partial charge in [-0.25, -0.2) is 0 Å². The van der Waals surface area contributed by atoms with E-state index < -0.39 is 18.1 Å². The molecule has 0 aliphatic carbocycles. The third-order valence-electron chi connectivity index (χ3n) is 4.92. The van der Waals surface area contributed by atoms with E-state index >= 15 is 0 Å². The number of hydrogen-bond acceptors (Lipinski definition) is 12. The number of carbonyl (C=O) groups is 5. The van der Waals surface area contributed by atoms with E-state index in [0.29, 0.717) is 19.3 Å². The summed E-state index contributed by atoms with van der Waals surface area (Å²) < 4.78 is 21.0. The van der Waals surface area contributed by atoms with E-state index in [9.17, 15) is 24.0 Å². The number of carboxylic acids is 1. The molecule has 0 radical (unpaired) electrons. The number of carboxylic acid groups (broad SMARTS) is 1. The first-order valence-electron chi connectivity index (χ1n) is 12.7. The summed E-state index contributed by atoms with van der Waals surface area (Å²) in [5.74, 6) is -2.17. The van der Waals surface area contributed by atoms with E-state index in [1.165, 1.54) is 0 Å². The maximum atomic E-state index is 11.7. The summed E-state index contributed by atoms with van der Waals surface area (Å²) in [7, 11) is 0. The molecule has 0 rings (SSSR count). The SMILES string of the molecule is N[C@H](C=O)CCCCNC(=O)COCCOCCNC(=O)COCCOCCNC(=O)CC[C@H](NO)C(=O)O. The standard InChI is InChI=1S/C23H43N5O11/c24-18(15-29)3-1-2-6-25-21(31)16-38-13-12-37-10-8-27-22(32)17-39-14-11-36-9-7-26-20(30)5-4-19(28-35)23(33)34/h15,18-19,28,35H,1-14,16-17,24H2,(H,25,31)(H,26,30)(H,27,32)(H,33,34)/t18-,19-/m0/s1. The molecule has 0 aliphatic rings. The van der Waals surface area contributed by atoms with Crippen LogP contribution in [0.15, 0.2) is 0 Å². The maximum absolute atomic E-state index is 11.7. The number of rotatable bonds is 27. The maximum Gasteiger partial charge on any atom is 0.323 e. The van der Waals surface area contributed by atoms with Gasteiger partial charge in [0.15, 0.2) is 0 Å². The van der Waals surface area contributed by atoms with Crippen molar-refractivity contribution in [1.29, 1.82) is 0 Å². The van der Waals surface area contributed by atoms with Crippen LogP contribution in [0, 0.1) is 0 Å². The Morgan fingerprint density at radius 3 is 1.74 bits per heavy atom. The summed E-state index contributed by atoms with van der Waals surface area (Å²) in [6, 6.07) is -1.66. The summed E-state index contributed by atoms with van der Waals surface area (Å²) in [6.07, 6.45) is 2.66. The Morgan fingerprint density at radius 1 is 0.718 bits per heavy atom. The van der Waals surface area contributed by atoms with Crippen molar-refractivity contribution in [2.75, 3.05) is 72.5 Å². The van der Waals surface area contributed by atoms with Crippen LogP contribution < -0.4 is 27.2 Å². The molecule has 0 spiro atoms. The summed E-state index contributed by atoms with van der Waals surface area (Å²) in [4.78, 5) is 56.0. The molecule has 39 heavy (non-hydrogen) atoms. The number of aliphatic carboxylic acids is 1. The third kappa shape index (κ3) is 24.1. The number of nitrogens with one attached hydrogen (secondary N) is 4. The topological polar surface area (TPSA) is 237 Å². The molecule has 8 N–H and O–H groups in total. The van der Waals surface area contributed by atoms with Crippen molar-refractivity contribution < 1.29 is 53.2 Å². The van der Waals surface area contributed by atoms with E-state index in [-0.39, 0.29) is 96.5 Å². The summed E-state index contributed by atoms with van der Waals surface area (Å²) in [6.45, 7) is 2.16. The van der Waals surface area contributed by atoms with Gasteiger partial charge in [0, 0.05) is 26.1 Å². The molecule has 2 atom stereocenters. The third-order valence-corrected chi connectivity index (χ3v) is 4.92. The molecule has 0 fully saturated rings. The molecule has 226 valence electrons. The fourth-order valence-corrected chi connectivity index (χ4v) is 2.80. The highest BCUT2D eigenvalue weighted by molar-refractivity contribution is 5.78. The Morgan fingerprint density at radius 2 is 1.23 bits per heavy atom. The Hall–Kier alpha value is -2.73. The lowest BCUT2D eigenvalue weighted by atomic mass is 10.1. The molecule has 3 amide bonds. The molecule has 0 bridgehead atoms. The lowest BCUT2D eigenvalue weighted by molar-refractivity contribution is -0.142. The van der Waals surface area contributed by atoms with Crippen molar-refractivity contribution in [2.45, 2.75) is 44.2 Å². The summed E-state index contributed by atoms with van der Waals surface area (Å²) in [5.41, 5.74) is 7.10. The molecule has 16 heteroatoms. The van der Waals surface area contributed by atoms with Gasteiger partial charge in [-0.1, -0.05) is 0 Å². The number of hydrogen-bond donors (Lipinski definition) is 7. The average molecular weight is 566 g/mol. The van der Waals surface area contributed by atoms with Gasteiger partial charge >= 0.3 is 5.97 Å². The molecule has 0 aromatic rings. The highest BCUT2D eigenvalue weighted by Crippen LogP contribution is 1.97. The van der Waals surface area contributed by atoms with Crippen molar-refractivity contribution in [3.8, 4) is 0 Å². The predicted octanol–water partition coefficient (Wildman–Crippen LogP) is -2.69. The van der Waals surface area contributed by atoms with Gasteiger partial charge in [0.05, 0.1) is 45.7 Å². The summed E-state index contributed by atoms with van der Waals surface area (Å²) >= 11 is 0. The van der Waals surface area contributed by atoms with Crippen LogP contribution in [0.3, 0.4) is 0 Å². The van der Waals surface area contributed by atoms with Crippen LogP contribution in [0.5, 0.6) is 0 Å². The number of unbranched alkanes of at least 4 members (excludes halogenated alkanes) is 1. The van der Waals surface area contributed by atoms with Gasteiger partial charge in [0.25, 0.3) is 0 Å². The van der Waals surface area contributed by atoms with Crippen LogP contribution in [0.2, 0.25) is 0 Å². The van der Waals surface area contributed by atoms with E-state index in [1.54, 1.807) is 5.48 Å². The number of carbonyl (C=O) groups excluding carboxylic acids is 4. The highest BCUT2D eigenvalue weighted by Gasteiger charge is 2.17. The van der Waals surface area contributed by atoms with Crippen LogP contribution in [0.4, 0.5) is 0 Å². The monoisotopic (exact) mass is 565 g/mol. The molecule has 0 aliphatic heterocycles. The first kappa shape index (κ1) is 36.3. The van der Waals surface area contributed by atoms with E-state index in [0.717, 1.165) is 12.8 Å². The average Bonchev–Trinajstić information content (AvgIpc) is 2.91. The minimum absolute atomic E-state index is 0.0567. The number of ether oxygens (including phenoxy) is 4. The molecule has 0 saturated heterocycles. The van der Waals surface area contributed by atoms with Gasteiger partial charge < -0.3 is 55.7 Å². The largest absolute Gasteiger partial charge is 0.480 e. The Kier molecular flexibility index (Phi) is 23.8. The predicted molar refractivity (Wildman–Crippen MR) is 136 cm³/mol. The molecule has 0 heterocycles. The molecule has 0 aromatic heterocycles. The molecule has 0 aromatic carbocycles. The van der Waals surface area contributed by atoms with Crippen molar-refractivity contribution in [1.82, 2.24) is 21.4 Å². The highest BCUT2D eigenvalue weighted by atomic mass is 16.5. The van der Waals surface area contributed by atoms with E-state index in [4.69, 9.17) is 35.0 Å².